The second-order valence-electron chi connectivity index (χ2n) is 4.55. The van der Waals surface area contributed by atoms with Gasteiger partial charge in [0.1, 0.15) is 0 Å². The monoisotopic (exact) mass is 236 g/mol. The molecule has 17 heavy (non-hydrogen) atoms. The van der Waals surface area contributed by atoms with Gasteiger partial charge in [0, 0.05) is 32.2 Å². The zero-order valence-electron chi connectivity index (χ0n) is 11.1. The number of pyridine rings is 1. The normalized spacial score (nSPS) is 14.5. The molecule has 0 amide bonds. The van der Waals surface area contributed by atoms with E-state index >= 15 is 0 Å². The Bertz CT molecular complexity index is 290. The van der Waals surface area contributed by atoms with E-state index in [2.05, 4.69) is 23.3 Å². The highest BCUT2D eigenvalue weighted by atomic mass is 16.5. The van der Waals surface area contributed by atoms with Crippen LogP contribution >= 0.6 is 0 Å². The summed E-state index contributed by atoms with van der Waals surface area (Å²) in [6, 6.07) is 4.68. The van der Waals surface area contributed by atoms with E-state index in [-0.39, 0.29) is 0 Å². The minimum atomic E-state index is 0.547. The smallest absolute Gasteiger partial charge is 0.0465 e. The molecule has 0 aliphatic heterocycles. The first kappa shape index (κ1) is 14.1. The van der Waals surface area contributed by atoms with Crippen molar-refractivity contribution in [3.05, 3.63) is 30.1 Å². The summed E-state index contributed by atoms with van der Waals surface area (Å²) in [6.45, 7) is 3.12. The van der Waals surface area contributed by atoms with Gasteiger partial charge in [-0.05, 0) is 43.9 Å². The second kappa shape index (κ2) is 8.20. The van der Waals surface area contributed by atoms with Crippen molar-refractivity contribution in [1.29, 1.82) is 0 Å². The molecule has 1 rings (SSSR count). The molecule has 0 aliphatic carbocycles. The Morgan fingerprint density at radius 1 is 1.41 bits per heavy atom. The lowest BCUT2D eigenvalue weighted by molar-refractivity contribution is 0.170. The Labute approximate surface area is 105 Å². The van der Waals surface area contributed by atoms with Crippen LogP contribution < -0.4 is 5.32 Å². The number of aromatic nitrogens is 1. The number of nitrogens with zero attached hydrogens (tertiary/aromatic N) is 1. The van der Waals surface area contributed by atoms with Gasteiger partial charge in [0.15, 0.2) is 0 Å². The number of ether oxygens (including phenoxy) is 1. The first-order chi connectivity index (χ1) is 8.27. The van der Waals surface area contributed by atoms with Crippen molar-refractivity contribution in [2.45, 2.75) is 32.2 Å². The van der Waals surface area contributed by atoms with Gasteiger partial charge < -0.3 is 10.1 Å². The Hall–Kier alpha value is -0.930. The van der Waals surface area contributed by atoms with Gasteiger partial charge in [-0.25, -0.2) is 0 Å². The van der Waals surface area contributed by atoms with Gasteiger partial charge in [0.05, 0.1) is 0 Å². The fourth-order valence-electron chi connectivity index (χ4n) is 2.09. The number of methoxy groups -OCH3 is 1. The van der Waals surface area contributed by atoms with Crippen molar-refractivity contribution < 1.29 is 4.74 Å². The molecule has 3 nitrogen and oxygen atoms in total. The van der Waals surface area contributed by atoms with Crippen LogP contribution in [0, 0.1) is 5.92 Å². The molecule has 0 bridgehead atoms. The average Bonchev–Trinajstić information content (AvgIpc) is 2.38. The van der Waals surface area contributed by atoms with Crippen molar-refractivity contribution in [2.75, 3.05) is 20.8 Å². The van der Waals surface area contributed by atoms with Crippen molar-refractivity contribution >= 4 is 0 Å². The number of hydrogen-bond donors (Lipinski definition) is 1. The predicted octanol–water partition coefficient (Wildman–Crippen LogP) is 2.27. The van der Waals surface area contributed by atoms with Crippen molar-refractivity contribution in [2.24, 2.45) is 5.92 Å². The molecule has 1 N–H and O–H groups in total. The van der Waals surface area contributed by atoms with Crippen LogP contribution in [0.15, 0.2) is 24.5 Å². The molecule has 0 radical (unpaired) electrons. The fraction of sp³-hybridized carbons (Fsp3) is 0.643. The summed E-state index contributed by atoms with van der Waals surface area (Å²) in [7, 11) is 3.80. The van der Waals surface area contributed by atoms with Crippen LogP contribution in [0.25, 0.3) is 0 Å². The number of aryl methyl sites for hydroxylation is 1. The van der Waals surface area contributed by atoms with E-state index in [0.29, 0.717) is 12.0 Å². The molecule has 0 aliphatic rings. The Kier molecular flexibility index (Phi) is 6.82. The molecule has 0 aromatic carbocycles. The van der Waals surface area contributed by atoms with Crippen LogP contribution in [-0.4, -0.2) is 31.8 Å². The quantitative estimate of drug-likeness (QED) is 0.752. The zero-order chi connectivity index (χ0) is 12.5. The minimum Gasteiger partial charge on any atom is -0.385 e. The third-order valence-electron chi connectivity index (χ3n) is 3.30. The van der Waals surface area contributed by atoms with E-state index in [9.17, 15) is 0 Å². The minimum absolute atomic E-state index is 0.547. The number of nitrogens with one attached hydrogen (secondary N) is 1. The SMILES string of the molecule is CNC(CCc1cccnc1)C(C)CCOC. The molecular formula is C14H24N2O. The lowest BCUT2D eigenvalue weighted by Crippen LogP contribution is -2.33. The molecule has 2 atom stereocenters. The molecule has 0 saturated heterocycles. The molecule has 3 heteroatoms. The van der Waals surface area contributed by atoms with Crippen LogP contribution in [0.3, 0.4) is 0 Å². The third kappa shape index (κ3) is 5.29. The standard InChI is InChI=1S/C14H24N2O/c1-12(8-10-17-3)14(15-2)7-6-13-5-4-9-16-11-13/h4-5,9,11-12,14-15H,6-8,10H2,1-3H3. The second-order valence-corrected chi connectivity index (χ2v) is 4.55. The molecule has 1 aromatic rings. The van der Waals surface area contributed by atoms with Gasteiger partial charge in [0.25, 0.3) is 0 Å². The maximum absolute atomic E-state index is 5.13. The van der Waals surface area contributed by atoms with Crippen LogP contribution in [0.2, 0.25) is 0 Å². The summed E-state index contributed by atoms with van der Waals surface area (Å²) in [5.74, 6) is 0.636. The van der Waals surface area contributed by atoms with Crippen LogP contribution in [-0.2, 0) is 11.2 Å². The van der Waals surface area contributed by atoms with E-state index < -0.39 is 0 Å². The summed E-state index contributed by atoms with van der Waals surface area (Å²) in [5.41, 5.74) is 1.31. The summed E-state index contributed by atoms with van der Waals surface area (Å²) in [4.78, 5) is 4.14. The lowest BCUT2D eigenvalue weighted by Gasteiger charge is -2.23. The van der Waals surface area contributed by atoms with Crippen molar-refractivity contribution in [1.82, 2.24) is 10.3 Å². The molecule has 96 valence electrons. The molecule has 0 spiro atoms. The maximum atomic E-state index is 5.13. The zero-order valence-corrected chi connectivity index (χ0v) is 11.1. The Balaban J connectivity index is 2.36. The van der Waals surface area contributed by atoms with Crippen molar-refractivity contribution in [3.8, 4) is 0 Å². The lowest BCUT2D eigenvalue weighted by atomic mass is 9.93. The summed E-state index contributed by atoms with van der Waals surface area (Å²) >= 11 is 0. The average molecular weight is 236 g/mol. The Morgan fingerprint density at radius 3 is 2.82 bits per heavy atom. The van der Waals surface area contributed by atoms with Gasteiger partial charge in [-0.1, -0.05) is 13.0 Å². The first-order valence-electron chi connectivity index (χ1n) is 6.33. The molecule has 1 heterocycles. The first-order valence-corrected chi connectivity index (χ1v) is 6.33. The van der Waals surface area contributed by atoms with Crippen molar-refractivity contribution in [3.63, 3.8) is 0 Å². The van der Waals surface area contributed by atoms with Gasteiger partial charge in [0.2, 0.25) is 0 Å². The van der Waals surface area contributed by atoms with Gasteiger partial charge in [-0.15, -0.1) is 0 Å². The van der Waals surface area contributed by atoms with Crippen LogP contribution in [0.4, 0.5) is 0 Å². The van der Waals surface area contributed by atoms with Gasteiger partial charge >= 0.3 is 0 Å². The topological polar surface area (TPSA) is 34.2 Å². The Morgan fingerprint density at radius 2 is 2.24 bits per heavy atom. The maximum Gasteiger partial charge on any atom is 0.0465 e. The summed E-state index contributed by atoms with van der Waals surface area (Å²) < 4.78 is 5.13. The van der Waals surface area contributed by atoms with E-state index in [4.69, 9.17) is 4.74 Å². The molecule has 0 saturated carbocycles. The van der Waals surface area contributed by atoms with Gasteiger partial charge in [-0.3, -0.25) is 4.98 Å². The van der Waals surface area contributed by atoms with Crippen LogP contribution in [0.1, 0.15) is 25.3 Å². The van der Waals surface area contributed by atoms with Gasteiger partial charge in [-0.2, -0.15) is 0 Å². The number of hydrogen-bond acceptors (Lipinski definition) is 3. The summed E-state index contributed by atoms with van der Waals surface area (Å²) in [5, 5.41) is 3.41. The highest BCUT2D eigenvalue weighted by Gasteiger charge is 2.14. The molecule has 0 fully saturated rings. The predicted molar refractivity (Wildman–Crippen MR) is 71.1 cm³/mol. The molecule has 1 aromatic heterocycles. The third-order valence-corrected chi connectivity index (χ3v) is 3.30. The highest BCUT2D eigenvalue weighted by molar-refractivity contribution is 5.08. The largest absolute Gasteiger partial charge is 0.385 e. The number of rotatable bonds is 8. The van der Waals surface area contributed by atoms with E-state index in [1.165, 1.54) is 5.56 Å². The highest BCUT2D eigenvalue weighted by Crippen LogP contribution is 2.14. The summed E-state index contributed by atoms with van der Waals surface area (Å²) in [6.07, 6.45) is 7.10. The van der Waals surface area contributed by atoms with E-state index in [0.717, 1.165) is 25.9 Å². The van der Waals surface area contributed by atoms with Crippen LogP contribution in [0.5, 0.6) is 0 Å². The fourth-order valence-corrected chi connectivity index (χ4v) is 2.09. The molecular weight excluding hydrogens is 212 g/mol. The molecule has 2 unspecified atom stereocenters. The van der Waals surface area contributed by atoms with E-state index in [1.807, 2.05) is 25.5 Å². The van der Waals surface area contributed by atoms with E-state index in [1.54, 1.807) is 7.11 Å².